The van der Waals surface area contributed by atoms with E-state index in [0.717, 1.165) is 25.0 Å². The molecule has 4 heteroatoms. The number of pyridine rings is 1. The third-order valence-electron chi connectivity index (χ3n) is 5.29. The molecule has 3 aromatic rings. The van der Waals surface area contributed by atoms with Crippen molar-refractivity contribution in [2.45, 2.75) is 51.9 Å². The van der Waals surface area contributed by atoms with E-state index in [-0.39, 0.29) is 6.42 Å². The van der Waals surface area contributed by atoms with Crippen LogP contribution in [0.25, 0.3) is 21.3 Å². The van der Waals surface area contributed by atoms with E-state index in [1.165, 1.54) is 50.2 Å². The molecule has 1 aliphatic rings. The van der Waals surface area contributed by atoms with Crippen LogP contribution in [0.5, 0.6) is 0 Å². The number of aromatic nitrogens is 1. The minimum Gasteiger partial charge on any atom is -0.481 e. The van der Waals surface area contributed by atoms with Crippen molar-refractivity contribution < 1.29 is 9.90 Å². The topological polar surface area (TPSA) is 50.2 Å². The lowest BCUT2D eigenvalue weighted by molar-refractivity contribution is -0.137. The van der Waals surface area contributed by atoms with Crippen molar-refractivity contribution in [3.63, 3.8) is 0 Å². The predicted molar refractivity (Wildman–Crippen MR) is 107 cm³/mol. The molecule has 0 saturated heterocycles. The van der Waals surface area contributed by atoms with Crippen LogP contribution in [0, 0.1) is 6.92 Å². The standard InChI is InChI=1S/C22H23NO2S/c1-14-16(10-5-6-13-19(24)25)20(15-8-3-2-4-9-15)21-17-11-7-12-18(17)26-22(21)23-14/h2-4,8-9H,5-7,10-13H2,1H3,(H,24,25). The fourth-order valence-corrected chi connectivity index (χ4v) is 5.40. The van der Waals surface area contributed by atoms with Crippen LogP contribution >= 0.6 is 11.3 Å². The van der Waals surface area contributed by atoms with Crippen LogP contribution < -0.4 is 0 Å². The van der Waals surface area contributed by atoms with Crippen molar-refractivity contribution in [1.82, 2.24) is 4.98 Å². The summed E-state index contributed by atoms with van der Waals surface area (Å²) >= 11 is 1.86. The number of carboxylic acids is 1. The second-order valence-corrected chi connectivity index (χ2v) is 8.14. The van der Waals surface area contributed by atoms with Crippen molar-refractivity contribution >= 4 is 27.5 Å². The molecule has 3 nitrogen and oxygen atoms in total. The van der Waals surface area contributed by atoms with Crippen LogP contribution in [0.15, 0.2) is 30.3 Å². The van der Waals surface area contributed by atoms with Crippen molar-refractivity contribution in [3.8, 4) is 11.1 Å². The Kier molecular flexibility index (Phi) is 4.77. The zero-order valence-corrected chi connectivity index (χ0v) is 15.9. The number of benzene rings is 1. The number of thiophene rings is 1. The van der Waals surface area contributed by atoms with E-state index in [2.05, 4.69) is 37.3 Å². The average molecular weight is 365 g/mol. The second kappa shape index (κ2) is 7.20. The van der Waals surface area contributed by atoms with Gasteiger partial charge in [-0.05, 0) is 67.7 Å². The van der Waals surface area contributed by atoms with Crippen molar-refractivity contribution in [2.24, 2.45) is 0 Å². The smallest absolute Gasteiger partial charge is 0.303 e. The zero-order valence-electron chi connectivity index (χ0n) is 15.0. The summed E-state index contributed by atoms with van der Waals surface area (Å²) in [4.78, 5) is 18.4. The molecule has 134 valence electrons. The van der Waals surface area contributed by atoms with Gasteiger partial charge in [0.25, 0.3) is 0 Å². The summed E-state index contributed by atoms with van der Waals surface area (Å²) in [5.41, 5.74) is 6.47. The Balaban J connectivity index is 1.84. The normalized spacial score (nSPS) is 13.3. The number of hydrogen-bond donors (Lipinski definition) is 1. The molecule has 1 aromatic carbocycles. The first-order valence-corrected chi connectivity index (χ1v) is 10.2. The van der Waals surface area contributed by atoms with Crippen molar-refractivity contribution in [3.05, 3.63) is 52.0 Å². The lowest BCUT2D eigenvalue weighted by Crippen LogP contribution is -2.01. The molecular weight excluding hydrogens is 342 g/mol. The van der Waals surface area contributed by atoms with Gasteiger partial charge < -0.3 is 5.11 Å². The molecule has 2 aromatic heterocycles. The number of fused-ring (bicyclic) bond motifs is 3. The number of nitrogens with zero attached hydrogens (tertiary/aromatic N) is 1. The third-order valence-corrected chi connectivity index (χ3v) is 6.48. The molecule has 1 aliphatic carbocycles. The van der Waals surface area contributed by atoms with Crippen LogP contribution in [0.2, 0.25) is 0 Å². The lowest BCUT2D eigenvalue weighted by Gasteiger charge is -2.15. The van der Waals surface area contributed by atoms with E-state index in [0.29, 0.717) is 6.42 Å². The average Bonchev–Trinajstić information content (AvgIpc) is 3.20. The van der Waals surface area contributed by atoms with Gasteiger partial charge in [-0.15, -0.1) is 11.3 Å². The molecule has 0 atom stereocenters. The van der Waals surface area contributed by atoms with Gasteiger partial charge in [-0.2, -0.15) is 0 Å². The first kappa shape index (κ1) is 17.2. The Hall–Kier alpha value is -2.20. The molecule has 2 heterocycles. The van der Waals surface area contributed by atoms with Crippen LogP contribution in [-0.4, -0.2) is 16.1 Å². The lowest BCUT2D eigenvalue weighted by atomic mass is 9.91. The Labute approximate surface area is 157 Å². The molecule has 1 N–H and O–H groups in total. The molecule has 26 heavy (non-hydrogen) atoms. The maximum Gasteiger partial charge on any atom is 0.303 e. The van der Waals surface area contributed by atoms with Crippen molar-refractivity contribution in [2.75, 3.05) is 0 Å². The van der Waals surface area contributed by atoms with Gasteiger partial charge in [0.05, 0.1) is 0 Å². The number of aliphatic carboxylic acids is 1. The highest BCUT2D eigenvalue weighted by atomic mass is 32.1. The number of rotatable bonds is 6. The van der Waals surface area contributed by atoms with Crippen LogP contribution in [0.1, 0.15) is 47.4 Å². The third kappa shape index (κ3) is 3.14. The molecule has 4 rings (SSSR count). The van der Waals surface area contributed by atoms with E-state index < -0.39 is 5.97 Å². The minimum absolute atomic E-state index is 0.239. The highest BCUT2D eigenvalue weighted by Gasteiger charge is 2.24. The zero-order chi connectivity index (χ0) is 18.1. The first-order chi connectivity index (χ1) is 12.6. The number of aryl methyl sites for hydroxylation is 3. The predicted octanol–water partition coefficient (Wildman–Crippen LogP) is 5.56. The molecule has 0 bridgehead atoms. The largest absolute Gasteiger partial charge is 0.481 e. The van der Waals surface area contributed by atoms with Gasteiger partial charge in [-0.1, -0.05) is 30.3 Å². The molecule has 0 radical (unpaired) electrons. The Morgan fingerprint density at radius 2 is 2.00 bits per heavy atom. The maximum absolute atomic E-state index is 10.8. The summed E-state index contributed by atoms with van der Waals surface area (Å²) in [6, 6.07) is 10.6. The van der Waals surface area contributed by atoms with E-state index in [9.17, 15) is 4.79 Å². The fourth-order valence-electron chi connectivity index (χ4n) is 4.09. The van der Waals surface area contributed by atoms with Crippen molar-refractivity contribution in [1.29, 1.82) is 0 Å². The molecule has 0 aliphatic heterocycles. The molecule has 0 amide bonds. The molecule has 0 spiro atoms. The summed E-state index contributed by atoms with van der Waals surface area (Å²) in [7, 11) is 0. The van der Waals surface area contributed by atoms with E-state index in [1.54, 1.807) is 0 Å². The van der Waals surface area contributed by atoms with Gasteiger partial charge in [0.15, 0.2) is 0 Å². The highest BCUT2D eigenvalue weighted by molar-refractivity contribution is 7.19. The number of carboxylic acid groups (broad SMARTS) is 1. The summed E-state index contributed by atoms with van der Waals surface area (Å²) in [5.74, 6) is -0.714. The van der Waals surface area contributed by atoms with Gasteiger partial charge >= 0.3 is 5.97 Å². The Morgan fingerprint density at radius 1 is 1.19 bits per heavy atom. The van der Waals surface area contributed by atoms with Crippen LogP contribution in [0.3, 0.4) is 0 Å². The Morgan fingerprint density at radius 3 is 2.77 bits per heavy atom. The highest BCUT2D eigenvalue weighted by Crippen LogP contribution is 2.43. The number of hydrogen-bond acceptors (Lipinski definition) is 3. The fraction of sp³-hybridized carbons (Fsp3) is 0.364. The molecule has 0 fully saturated rings. The Bertz CT molecular complexity index is 959. The summed E-state index contributed by atoms with van der Waals surface area (Å²) in [5, 5.41) is 10.3. The van der Waals surface area contributed by atoms with Crippen LogP contribution in [0.4, 0.5) is 0 Å². The number of carbonyl (C=O) groups is 1. The SMILES string of the molecule is Cc1nc2sc3c(c2c(-c2ccccc2)c1CCCCC(=O)O)CCC3. The maximum atomic E-state index is 10.8. The second-order valence-electron chi connectivity index (χ2n) is 7.06. The number of unbranched alkanes of at least 4 members (excludes halogenated alkanes) is 1. The minimum atomic E-state index is -0.714. The van der Waals surface area contributed by atoms with Gasteiger partial charge in [0, 0.05) is 22.4 Å². The van der Waals surface area contributed by atoms with E-state index in [4.69, 9.17) is 10.1 Å². The van der Waals surface area contributed by atoms with Gasteiger partial charge in [0.1, 0.15) is 4.83 Å². The molecular formula is C22H23NO2S. The quantitative estimate of drug-likeness (QED) is 0.582. The summed E-state index contributed by atoms with van der Waals surface area (Å²) in [6.45, 7) is 2.10. The van der Waals surface area contributed by atoms with Crippen LogP contribution in [-0.2, 0) is 24.1 Å². The monoisotopic (exact) mass is 365 g/mol. The van der Waals surface area contributed by atoms with Gasteiger partial charge in [0.2, 0.25) is 0 Å². The van der Waals surface area contributed by atoms with E-state index in [1.807, 2.05) is 11.3 Å². The molecule has 0 saturated carbocycles. The van der Waals surface area contributed by atoms with Gasteiger partial charge in [-0.25, -0.2) is 4.98 Å². The summed E-state index contributed by atoms with van der Waals surface area (Å²) in [6.07, 6.45) is 6.29. The first-order valence-electron chi connectivity index (χ1n) is 9.36. The summed E-state index contributed by atoms with van der Waals surface area (Å²) < 4.78 is 0. The van der Waals surface area contributed by atoms with E-state index >= 15 is 0 Å². The molecule has 0 unspecified atom stereocenters. The van der Waals surface area contributed by atoms with Gasteiger partial charge in [-0.3, -0.25) is 4.79 Å².